The Morgan fingerprint density at radius 2 is 2.27 bits per heavy atom. The van der Waals surface area contributed by atoms with Gasteiger partial charge in [0.1, 0.15) is 0 Å². The van der Waals surface area contributed by atoms with E-state index in [2.05, 4.69) is 25.7 Å². The summed E-state index contributed by atoms with van der Waals surface area (Å²) in [5.74, 6) is 0.635. The standard InChI is InChI=1S/C12H20N2S/c1-4-9(3)12-13-10-6-7-14(5-2)8-11(10)15-12/h9H,4-8H2,1-3H3. The summed E-state index contributed by atoms with van der Waals surface area (Å²) in [6, 6.07) is 0. The molecule has 1 aromatic rings. The van der Waals surface area contributed by atoms with Gasteiger partial charge in [0.05, 0.1) is 10.7 Å². The SMILES string of the molecule is CCC(C)c1nc2c(s1)CN(CC)CC2. The molecule has 2 nitrogen and oxygen atoms in total. The molecular formula is C12H20N2S. The summed E-state index contributed by atoms with van der Waals surface area (Å²) < 4.78 is 0. The molecule has 15 heavy (non-hydrogen) atoms. The molecule has 1 aliphatic heterocycles. The van der Waals surface area contributed by atoms with Crippen molar-refractivity contribution in [3.63, 3.8) is 0 Å². The van der Waals surface area contributed by atoms with Gasteiger partial charge in [0.15, 0.2) is 0 Å². The first kappa shape index (κ1) is 11.1. The van der Waals surface area contributed by atoms with Crippen LogP contribution < -0.4 is 0 Å². The van der Waals surface area contributed by atoms with Crippen LogP contribution in [0.5, 0.6) is 0 Å². The van der Waals surface area contributed by atoms with Crippen LogP contribution in [0.2, 0.25) is 0 Å². The van der Waals surface area contributed by atoms with E-state index in [0.29, 0.717) is 5.92 Å². The summed E-state index contributed by atoms with van der Waals surface area (Å²) in [6.45, 7) is 10.2. The molecule has 84 valence electrons. The fraction of sp³-hybridized carbons (Fsp3) is 0.750. The topological polar surface area (TPSA) is 16.1 Å². The van der Waals surface area contributed by atoms with Gasteiger partial charge >= 0.3 is 0 Å². The van der Waals surface area contributed by atoms with E-state index in [-0.39, 0.29) is 0 Å². The Balaban J connectivity index is 2.18. The summed E-state index contributed by atoms with van der Waals surface area (Å²) >= 11 is 1.93. The number of nitrogens with zero attached hydrogens (tertiary/aromatic N) is 2. The van der Waals surface area contributed by atoms with Crippen LogP contribution in [0, 0.1) is 0 Å². The molecule has 0 spiro atoms. The minimum absolute atomic E-state index is 0.635. The third-order valence-corrected chi connectivity index (χ3v) is 4.62. The van der Waals surface area contributed by atoms with Gasteiger partial charge in [0, 0.05) is 30.3 Å². The quantitative estimate of drug-likeness (QED) is 0.784. The molecule has 0 aliphatic carbocycles. The normalized spacial score (nSPS) is 18.9. The third kappa shape index (κ3) is 2.23. The Kier molecular flexibility index (Phi) is 3.42. The number of rotatable bonds is 3. The van der Waals surface area contributed by atoms with Gasteiger partial charge in [-0.15, -0.1) is 11.3 Å². The van der Waals surface area contributed by atoms with Gasteiger partial charge < -0.3 is 0 Å². The maximum absolute atomic E-state index is 4.78. The van der Waals surface area contributed by atoms with E-state index in [9.17, 15) is 0 Å². The van der Waals surface area contributed by atoms with E-state index in [1.165, 1.54) is 28.5 Å². The van der Waals surface area contributed by atoms with Gasteiger partial charge in [0.25, 0.3) is 0 Å². The van der Waals surface area contributed by atoms with Crippen molar-refractivity contribution in [3.05, 3.63) is 15.6 Å². The highest BCUT2D eigenvalue weighted by Crippen LogP contribution is 2.30. The zero-order valence-corrected chi connectivity index (χ0v) is 10.7. The van der Waals surface area contributed by atoms with Crippen LogP contribution in [0.4, 0.5) is 0 Å². The highest BCUT2D eigenvalue weighted by atomic mass is 32.1. The first-order valence-electron chi connectivity index (χ1n) is 5.95. The smallest absolute Gasteiger partial charge is 0.0959 e. The maximum Gasteiger partial charge on any atom is 0.0959 e. The van der Waals surface area contributed by atoms with E-state index < -0.39 is 0 Å². The highest BCUT2D eigenvalue weighted by Gasteiger charge is 2.20. The van der Waals surface area contributed by atoms with E-state index >= 15 is 0 Å². The first-order chi connectivity index (χ1) is 7.24. The van der Waals surface area contributed by atoms with Crippen molar-refractivity contribution < 1.29 is 0 Å². The molecule has 0 radical (unpaired) electrons. The maximum atomic E-state index is 4.78. The van der Waals surface area contributed by atoms with Crippen molar-refractivity contribution in [3.8, 4) is 0 Å². The van der Waals surface area contributed by atoms with Crippen molar-refractivity contribution in [1.29, 1.82) is 0 Å². The Bertz CT molecular complexity index is 332. The molecule has 1 atom stereocenters. The summed E-state index contributed by atoms with van der Waals surface area (Å²) in [5, 5.41) is 1.35. The van der Waals surface area contributed by atoms with Crippen LogP contribution in [-0.4, -0.2) is 23.0 Å². The molecule has 0 bridgehead atoms. The Morgan fingerprint density at radius 3 is 2.93 bits per heavy atom. The van der Waals surface area contributed by atoms with Crippen molar-refractivity contribution in [2.24, 2.45) is 0 Å². The predicted molar refractivity (Wildman–Crippen MR) is 65.5 cm³/mol. The summed E-state index contributed by atoms with van der Waals surface area (Å²) in [6.07, 6.45) is 2.35. The monoisotopic (exact) mass is 224 g/mol. The molecule has 1 aromatic heterocycles. The van der Waals surface area contributed by atoms with Gasteiger partial charge in [-0.25, -0.2) is 4.98 Å². The van der Waals surface area contributed by atoms with E-state index in [1.54, 1.807) is 0 Å². The minimum Gasteiger partial charge on any atom is -0.298 e. The second-order valence-corrected chi connectivity index (χ2v) is 5.47. The molecule has 3 heteroatoms. The van der Waals surface area contributed by atoms with Gasteiger partial charge in [0.2, 0.25) is 0 Å². The molecule has 0 aromatic carbocycles. The van der Waals surface area contributed by atoms with Crippen LogP contribution in [0.15, 0.2) is 0 Å². The number of hydrogen-bond acceptors (Lipinski definition) is 3. The summed E-state index contributed by atoms with van der Waals surface area (Å²) in [7, 11) is 0. The van der Waals surface area contributed by atoms with Crippen molar-refractivity contribution in [1.82, 2.24) is 9.88 Å². The van der Waals surface area contributed by atoms with Crippen molar-refractivity contribution in [2.45, 2.75) is 46.1 Å². The van der Waals surface area contributed by atoms with Crippen molar-refractivity contribution in [2.75, 3.05) is 13.1 Å². The molecule has 2 rings (SSSR count). The molecule has 0 saturated carbocycles. The fourth-order valence-corrected chi connectivity index (χ4v) is 3.21. The average Bonchev–Trinajstić information content (AvgIpc) is 2.70. The van der Waals surface area contributed by atoms with Gasteiger partial charge in [-0.1, -0.05) is 20.8 Å². The lowest BCUT2D eigenvalue weighted by Gasteiger charge is -2.23. The Labute approximate surface area is 96.3 Å². The number of hydrogen-bond donors (Lipinski definition) is 0. The van der Waals surface area contributed by atoms with E-state index in [0.717, 1.165) is 19.5 Å². The second kappa shape index (κ2) is 4.62. The van der Waals surface area contributed by atoms with Crippen LogP contribution in [0.25, 0.3) is 0 Å². The molecule has 0 saturated heterocycles. The number of fused-ring (bicyclic) bond motifs is 1. The van der Waals surface area contributed by atoms with Gasteiger partial charge in [-0.3, -0.25) is 4.90 Å². The molecular weight excluding hydrogens is 204 g/mol. The van der Waals surface area contributed by atoms with Crippen molar-refractivity contribution >= 4 is 11.3 Å². The predicted octanol–water partition coefficient (Wildman–Crippen LogP) is 3.03. The second-order valence-electron chi connectivity index (χ2n) is 4.35. The zero-order chi connectivity index (χ0) is 10.8. The molecule has 1 aliphatic rings. The van der Waals surface area contributed by atoms with Gasteiger partial charge in [-0.05, 0) is 13.0 Å². The zero-order valence-electron chi connectivity index (χ0n) is 9.92. The molecule has 1 unspecified atom stereocenters. The lowest BCUT2D eigenvalue weighted by atomic mass is 10.1. The van der Waals surface area contributed by atoms with Gasteiger partial charge in [-0.2, -0.15) is 0 Å². The first-order valence-corrected chi connectivity index (χ1v) is 6.77. The number of likely N-dealkylation sites (N-methyl/N-ethyl adjacent to an activating group) is 1. The summed E-state index contributed by atoms with van der Waals surface area (Å²) in [5.41, 5.74) is 1.38. The largest absolute Gasteiger partial charge is 0.298 e. The number of aromatic nitrogens is 1. The minimum atomic E-state index is 0.635. The molecule has 0 fully saturated rings. The molecule has 0 N–H and O–H groups in total. The molecule has 2 heterocycles. The van der Waals surface area contributed by atoms with Crippen LogP contribution in [0.1, 0.15) is 48.7 Å². The molecule has 0 amide bonds. The fourth-order valence-electron chi connectivity index (χ4n) is 1.92. The highest BCUT2D eigenvalue weighted by molar-refractivity contribution is 7.11. The van der Waals surface area contributed by atoms with E-state index in [1.807, 2.05) is 11.3 Å². The summed E-state index contributed by atoms with van der Waals surface area (Å²) in [4.78, 5) is 8.80. The van der Waals surface area contributed by atoms with Crippen LogP contribution >= 0.6 is 11.3 Å². The van der Waals surface area contributed by atoms with Crippen LogP contribution in [0.3, 0.4) is 0 Å². The Morgan fingerprint density at radius 1 is 1.47 bits per heavy atom. The lowest BCUT2D eigenvalue weighted by Crippen LogP contribution is -2.29. The van der Waals surface area contributed by atoms with E-state index in [4.69, 9.17) is 4.98 Å². The Hall–Kier alpha value is -0.410. The van der Waals surface area contributed by atoms with Crippen LogP contribution in [-0.2, 0) is 13.0 Å². The third-order valence-electron chi connectivity index (χ3n) is 3.31. The average molecular weight is 224 g/mol. The number of thiazole rings is 1. The lowest BCUT2D eigenvalue weighted by molar-refractivity contribution is 0.269.